The maximum Gasteiger partial charge on any atom is 2.00 e. The van der Waals surface area contributed by atoms with Crippen LogP contribution in [0.3, 0.4) is 0 Å². The minimum atomic E-state index is -0.181. The maximum atomic E-state index is 8.64. The molecule has 25 heteroatoms. The standard InChI is InChI=1S/4CHO3.2CH2O3.CHO2.8CH4.4Ca.H2O/c4*1-2-4-3-1;2*2-1-4-3;2-1-3;;;;;;;;;;;;;/h4*1H;2*1,3H;(H,2,3);8*1H4;;;;;1H2/q4*-1;;;-1;;;;;;;;;4*+2;/p-1. The van der Waals surface area contributed by atoms with Gasteiger partial charge in [0.15, 0.2) is 0 Å². The Morgan fingerprint density at radius 2 is 0.600 bits per heavy atom. The van der Waals surface area contributed by atoms with Gasteiger partial charge in [0.1, 0.15) is 0 Å². The quantitative estimate of drug-likeness (QED) is 0.130. The fraction of sp³-hybridized carbons (Fsp3) is 0.533. The van der Waals surface area contributed by atoms with E-state index >= 15 is 0 Å². The van der Waals surface area contributed by atoms with E-state index in [1.165, 1.54) is 0 Å². The topological polar surface area (TPSA) is 277 Å². The number of aliphatic hydroxyl groups excluding tert-OH is 1. The van der Waals surface area contributed by atoms with E-state index in [0.717, 1.165) is 27.2 Å². The van der Waals surface area contributed by atoms with Gasteiger partial charge in [0, 0.05) is 0 Å². The Balaban J connectivity index is -0.00000000945. The normalized spacial score (nSPS) is 10.9. The first-order valence-electron chi connectivity index (χ1n) is 4.92. The van der Waals surface area contributed by atoms with Crippen LogP contribution in [0.2, 0.25) is 0 Å². The van der Waals surface area contributed by atoms with Crippen LogP contribution in [0.25, 0.3) is 0 Å². The molecule has 21 nitrogen and oxygen atoms in total. The fourth-order valence-electron chi connectivity index (χ4n) is 0.157. The largest absolute Gasteiger partial charge is 2.00 e. The van der Waals surface area contributed by atoms with Gasteiger partial charge >= 0.3 is 154 Å². The van der Waals surface area contributed by atoms with Gasteiger partial charge in [-0.1, -0.05) is 65.9 Å². The van der Waals surface area contributed by atoms with Crippen molar-refractivity contribution in [2.75, 3.05) is 0 Å². The zero-order chi connectivity index (χ0) is 20.8. The average molecular weight is 719 g/mol. The smallest absolute Gasteiger partial charge is 0.870 e. The summed E-state index contributed by atoms with van der Waals surface area (Å²) in [4.78, 5) is 61.7. The Morgan fingerprint density at radius 1 is 0.550 bits per heavy atom. The number of hydrogen-bond acceptors (Lipinski definition) is 20. The minimum Gasteiger partial charge on any atom is -0.870 e. The van der Waals surface area contributed by atoms with Crippen molar-refractivity contribution in [3.05, 3.63) is 27.2 Å². The van der Waals surface area contributed by atoms with E-state index in [4.69, 9.17) is 30.0 Å². The number of rotatable bonds is 2. The Hall–Kier alpha value is 2.85. The molecule has 0 aromatic carbocycles. The third kappa shape index (κ3) is 149. The van der Waals surface area contributed by atoms with E-state index < -0.39 is 0 Å². The van der Waals surface area contributed by atoms with Crippen LogP contribution < -0.4 is 10.5 Å². The molecule has 234 valence electrons. The van der Waals surface area contributed by atoms with Crippen LogP contribution in [0.1, 0.15) is 62.3 Å². The van der Waals surface area contributed by atoms with Gasteiger partial charge < -0.3 is 74.8 Å². The molecule has 0 bridgehead atoms. The number of carbonyl (C=O) groups is 2. The van der Waals surface area contributed by atoms with Crippen molar-refractivity contribution < 1.29 is 107 Å². The Labute approximate surface area is 359 Å². The summed E-state index contributed by atoms with van der Waals surface area (Å²) in [5.41, 5.74) is 0. The third-order valence-corrected chi connectivity index (χ3v) is 0.707. The van der Waals surface area contributed by atoms with Gasteiger partial charge in [-0.3, -0.25) is 9.59 Å². The van der Waals surface area contributed by atoms with Crippen LogP contribution >= 0.6 is 0 Å². The molecule has 2 N–H and O–H groups in total. The van der Waals surface area contributed by atoms with E-state index in [1.807, 2.05) is 0 Å². The van der Waals surface area contributed by atoms with E-state index in [2.05, 4.69) is 69.0 Å². The van der Waals surface area contributed by atoms with Crippen molar-refractivity contribution in [3.63, 3.8) is 0 Å². The fourth-order valence-corrected chi connectivity index (χ4v) is 0.157. The molecule has 0 aromatic rings. The predicted molar refractivity (Wildman–Crippen MR) is 134 cm³/mol. The molecule has 4 aliphatic heterocycles. The van der Waals surface area contributed by atoms with Crippen molar-refractivity contribution >= 4 is 170 Å². The first-order valence-corrected chi connectivity index (χ1v) is 4.92. The van der Waals surface area contributed by atoms with E-state index in [-0.39, 0.29) is 232 Å². The van der Waals surface area contributed by atoms with E-state index in [1.54, 1.807) is 0 Å². The van der Waals surface area contributed by atoms with Gasteiger partial charge in [0.05, 0.1) is 0 Å². The van der Waals surface area contributed by atoms with Crippen LogP contribution in [0.4, 0.5) is 0 Å². The molecule has 0 aliphatic carbocycles. The second-order valence-electron chi connectivity index (χ2n) is 1.90. The van der Waals surface area contributed by atoms with Crippen LogP contribution in [-0.2, 0) is 83.4 Å². The molecule has 0 spiro atoms. The van der Waals surface area contributed by atoms with Gasteiger partial charge in [0.25, 0.3) is 12.9 Å². The Kier molecular flexibility index (Phi) is 320. The first kappa shape index (κ1) is 104. The van der Waals surface area contributed by atoms with Crippen LogP contribution in [0.5, 0.6) is 0 Å². The molecule has 4 rings (SSSR count). The molecule has 4 aliphatic rings. The number of carbonyl (C=O) groups excluding carboxylic acids is 2. The molecule has 0 aromatic heterocycles. The zero-order valence-corrected chi connectivity index (χ0v) is 24.3. The summed E-state index contributed by atoms with van der Waals surface area (Å²) in [6.07, 6.45) is 0. The summed E-state index contributed by atoms with van der Waals surface area (Å²) in [5.74, 6) is 0. The molecule has 40 heavy (non-hydrogen) atoms. The molecular formula is C15H42Ca4O21+2. The van der Waals surface area contributed by atoms with Gasteiger partial charge in [-0.05, 0) is 27.2 Å². The molecule has 0 unspecified atom stereocenters. The second-order valence-corrected chi connectivity index (χ2v) is 1.90. The van der Waals surface area contributed by atoms with Crippen molar-refractivity contribution in [3.8, 4) is 0 Å². The maximum absolute atomic E-state index is 8.64. The van der Waals surface area contributed by atoms with E-state index in [0.29, 0.717) is 6.47 Å². The third-order valence-electron chi connectivity index (χ3n) is 0.707. The summed E-state index contributed by atoms with van der Waals surface area (Å²) in [7, 11) is 0. The SMILES string of the molecule is C.C.C.C.C.C.C.C.O=CO[O-].O=CO[O-].O=[C-]O.[CH-]1OOO1.[CH-]1OOO1.[CH-]1OOO1.[CH-]1OOO1.[Ca+2].[Ca+2].[Ca+2].[Ca+2].[H+].[H+].[OH-]. The Bertz CT molecular complexity index is 244. The molecule has 0 saturated carbocycles. The van der Waals surface area contributed by atoms with Gasteiger partial charge in [-0.25, -0.2) is 0 Å². The van der Waals surface area contributed by atoms with Crippen molar-refractivity contribution in [1.29, 1.82) is 0 Å². The summed E-state index contributed by atoms with van der Waals surface area (Å²) in [6, 6.07) is 0. The van der Waals surface area contributed by atoms with Gasteiger partial charge in [-0.15, -0.1) is 20.2 Å². The van der Waals surface area contributed by atoms with Crippen LogP contribution in [-0.4, -0.2) is 181 Å². The van der Waals surface area contributed by atoms with Crippen molar-refractivity contribution in [2.24, 2.45) is 0 Å². The second kappa shape index (κ2) is 123. The van der Waals surface area contributed by atoms with Crippen molar-refractivity contribution in [2.45, 2.75) is 59.4 Å². The zero-order valence-electron chi connectivity index (χ0n) is 17.4. The molecule has 4 heterocycles. The van der Waals surface area contributed by atoms with Crippen LogP contribution in [0.15, 0.2) is 0 Å². The summed E-state index contributed by atoms with van der Waals surface area (Å²) < 4.78 is 0. The Morgan fingerprint density at radius 3 is 0.600 bits per heavy atom. The molecule has 4 fully saturated rings. The average Bonchev–Trinajstić information content (AvgIpc) is 2.41. The summed E-state index contributed by atoms with van der Waals surface area (Å²) >= 11 is 0. The molecule has 4 saturated heterocycles. The summed E-state index contributed by atoms with van der Waals surface area (Å²) in [5, 5.41) is 38.3. The molecular weight excluding hydrogens is 676 g/mol. The van der Waals surface area contributed by atoms with Crippen LogP contribution in [0, 0.1) is 27.2 Å². The van der Waals surface area contributed by atoms with Crippen molar-refractivity contribution in [1.82, 2.24) is 0 Å². The number of hydrogen-bond donors (Lipinski definition) is 1. The summed E-state index contributed by atoms with van der Waals surface area (Å²) in [6.45, 7) is 4.47. The monoisotopic (exact) mass is 718 g/mol. The van der Waals surface area contributed by atoms with Gasteiger partial charge in [-0.2, -0.15) is 0 Å². The molecule has 0 atom stereocenters. The minimum absolute atomic E-state index is 0. The first-order chi connectivity index (χ1) is 13.2. The molecule has 0 radical (unpaired) electrons. The van der Waals surface area contributed by atoms with Gasteiger partial charge in [0.2, 0.25) is 0 Å². The predicted octanol–water partition coefficient (Wildman–Crippen LogP) is 0.0912. The molecule has 0 amide bonds. The van der Waals surface area contributed by atoms with E-state index in [9.17, 15) is 0 Å².